The van der Waals surface area contributed by atoms with Gasteiger partial charge in [0.15, 0.2) is 0 Å². The van der Waals surface area contributed by atoms with E-state index in [1.54, 1.807) is 30.3 Å². The van der Waals surface area contributed by atoms with E-state index in [0.717, 1.165) is 4.47 Å². The predicted molar refractivity (Wildman–Crippen MR) is 94.9 cm³/mol. The van der Waals surface area contributed by atoms with Crippen molar-refractivity contribution in [2.24, 2.45) is 0 Å². The molecule has 0 aromatic heterocycles. The summed E-state index contributed by atoms with van der Waals surface area (Å²) in [6.07, 6.45) is 0.143. The molecule has 2 rings (SSSR count). The SMILES string of the molecule is CC(=O)N(CCC(=O)Nc1ccc(Br)cc1)Cc1ccccc1F. The molecule has 2 aromatic carbocycles. The van der Waals surface area contributed by atoms with Gasteiger partial charge in [0.2, 0.25) is 11.8 Å². The largest absolute Gasteiger partial charge is 0.338 e. The fourth-order valence-corrected chi connectivity index (χ4v) is 2.44. The monoisotopic (exact) mass is 392 g/mol. The first kappa shape index (κ1) is 18.1. The molecule has 0 aliphatic heterocycles. The van der Waals surface area contributed by atoms with Gasteiger partial charge < -0.3 is 10.2 Å². The predicted octanol–water partition coefficient (Wildman–Crippen LogP) is 3.97. The molecule has 0 fully saturated rings. The van der Waals surface area contributed by atoms with Gasteiger partial charge in [-0.2, -0.15) is 0 Å². The molecule has 0 spiro atoms. The fourth-order valence-electron chi connectivity index (χ4n) is 2.17. The molecule has 0 saturated heterocycles. The van der Waals surface area contributed by atoms with Crippen LogP contribution in [0, 0.1) is 5.82 Å². The van der Waals surface area contributed by atoms with Crippen LogP contribution in [0.25, 0.3) is 0 Å². The van der Waals surface area contributed by atoms with Crippen LogP contribution in [-0.4, -0.2) is 23.3 Å². The molecule has 24 heavy (non-hydrogen) atoms. The zero-order valence-corrected chi connectivity index (χ0v) is 14.8. The Kier molecular flexibility index (Phi) is 6.49. The third-order valence-electron chi connectivity index (χ3n) is 3.50. The topological polar surface area (TPSA) is 49.4 Å². The van der Waals surface area contributed by atoms with Crippen molar-refractivity contribution < 1.29 is 14.0 Å². The maximum absolute atomic E-state index is 13.7. The number of hydrogen-bond donors (Lipinski definition) is 1. The number of benzene rings is 2. The first-order chi connectivity index (χ1) is 11.5. The van der Waals surface area contributed by atoms with Crippen LogP contribution in [0.15, 0.2) is 53.0 Å². The molecule has 1 N–H and O–H groups in total. The first-order valence-corrected chi connectivity index (χ1v) is 8.29. The van der Waals surface area contributed by atoms with Crippen molar-refractivity contribution in [3.8, 4) is 0 Å². The third kappa shape index (κ3) is 5.45. The number of nitrogens with one attached hydrogen (secondary N) is 1. The van der Waals surface area contributed by atoms with Crippen molar-refractivity contribution in [1.82, 2.24) is 4.90 Å². The van der Waals surface area contributed by atoms with Gasteiger partial charge in [-0.05, 0) is 30.3 Å². The van der Waals surface area contributed by atoms with Crippen LogP contribution in [0.4, 0.5) is 10.1 Å². The summed E-state index contributed by atoms with van der Waals surface area (Å²) in [7, 11) is 0. The molecule has 0 atom stereocenters. The molecule has 0 bridgehead atoms. The number of amides is 2. The van der Waals surface area contributed by atoms with Gasteiger partial charge in [0.25, 0.3) is 0 Å². The van der Waals surface area contributed by atoms with E-state index in [9.17, 15) is 14.0 Å². The Morgan fingerprint density at radius 2 is 1.79 bits per heavy atom. The van der Waals surface area contributed by atoms with Gasteiger partial charge in [0.1, 0.15) is 5.82 Å². The average molecular weight is 393 g/mol. The minimum atomic E-state index is -0.358. The Bertz CT molecular complexity index is 719. The van der Waals surface area contributed by atoms with Crippen LogP contribution in [0.1, 0.15) is 18.9 Å². The van der Waals surface area contributed by atoms with Crippen LogP contribution in [0.3, 0.4) is 0 Å². The summed E-state index contributed by atoms with van der Waals surface area (Å²) in [5.41, 5.74) is 1.12. The number of rotatable bonds is 6. The van der Waals surface area contributed by atoms with Gasteiger partial charge in [-0.15, -0.1) is 0 Å². The third-order valence-corrected chi connectivity index (χ3v) is 4.03. The lowest BCUT2D eigenvalue weighted by atomic mass is 10.2. The van der Waals surface area contributed by atoms with Gasteiger partial charge in [0.05, 0.1) is 0 Å². The van der Waals surface area contributed by atoms with Crippen molar-refractivity contribution in [1.29, 1.82) is 0 Å². The first-order valence-electron chi connectivity index (χ1n) is 7.50. The molecule has 0 unspecified atom stereocenters. The zero-order chi connectivity index (χ0) is 17.5. The van der Waals surface area contributed by atoms with Crippen molar-refractivity contribution in [3.05, 3.63) is 64.4 Å². The molecular weight excluding hydrogens is 375 g/mol. The number of hydrogen-bond acceptors (Lipinski definition) is 2. The highest BCUT2D eigenvalue weighted by Gasteiger charge is 2.14. The second kappa shape index (κ2) is 8.59. The normalized spacial score (nSPS) is 10.3. The molecule has 0 saturated carbocycles. The van der Waals surface area contributed by atoms with E-state index in [0.29, 0.717) is 11.3 Å². The Morgan fingerprint density at radius 1 is 1.12 bits per heavy atom. The molecule has 0 aliphatic rings. The molecule has 0 heterocycles. The van der Waals surface area contributed by atoms with Crippen molar-refractivity contribution >= 4 is 33.4 Å². The van der Waals surface area contributed by atoms with Crippen LogP contribution in [0.2, 0.25) is 0 Å². The van der Waals surface area contributed by atoms with E-state index in [2.05, 4.69) is 21.2 Å². The summed E-state index contributed by atoms with van der Waals surface area (Å²) in [5.74, 6) is -0.755. The van der Waals surface area contributed by atoms with E-state index in [1.807, 2.05) is 12.1 Å². The smallest absolute Gasteiger partial charge is 0.226 e. The molecule has 0 radical (unpaired) electrons. The Labute approximate surface area is 148 Å². The lowest BCUT2D eigenvalue weighted by Crippen LogP contribution is -2.31. The number of nitrogens with zero attached hydrogens (tertiary/aromatic N) is 1. The second-order valence-corrected chi connectivity index (χ2v) is 6.25. The van der Waals surface area contributed by atoms with Gasteiger partial charge in [-0.1, -0.05) is 34.1 Å². The minimum absolute atomic E-state index is 0.143. The lowest BCUT2D eigenvalue weighted by molar-refractivity contribution is -0.130. The Hall–Kier alpha value is -2.21. The molecular formula is C18H18BrFN2O2. The number of anilines is 1. The van der Waals surface area contributed by atoms with Crippen LogP contribution >= 0.6 is 15.9 Å². The van der Waals surface area contributed by atoms with Crippen LogP contribution in [-0.2, 0) is 16.1 Å². The number of halogens is 2. The Morgan fingerprint density at radius 3 is 2.42 bits per heavy atom. The highest BCUT2D eigenvalue weighted by molar-refractivity contribution is 9.10. The highest BCUT2D eigenvalue weighted by Crippen LogP contribution is 2.15. The average Bonchev–Trinajstić information content (AvgIpc) is 2.55. The van der Waals surface area contributed by atoms with Crippen molar-refractivity contribution in [2.45, 2.75) is 19.9 Å². The van der Waals surface area contributed by atoms with E-state index >= 15 is 0 Å². The maximum Gasteiger partial charge on any atom is 0.226 e. The van der Waals surface area contributed by atoms with E-state index in [-0.39, 0.29) is 37.1 Å². The summed E-state index contributed by atoms with van der Waals surface area (Å²) in [6.45, 7) is 1.78. The van der Waals surface area contributed by atoms with Gasteiger partial charge in [-0.25, -0.2) is 4.39 Å². The van der Waals surface area contributed by atoms with Crippen LogP contribution in [0.5, 0.6) is 0 Å². The standard InChI is InChI=1S/C18H18BrFN2O2/c1-13(23)22(12-14-4-2-3-5-17(14)20)11-10-18(24)21-16-8-6-15(19)7-9-16/h2-9H,10-12H2,1H3,(H,21,24). The van der Waals surface area contributed by atoms with Crippen molar-refractivity contribution in [3.63, 3.8) is 0 Å². The molecule has 0 aliphatic carbocycles. The quantitative estimate of drug-likeness (QED) is 0.808. The summed E-state index contributed by atoms with van der Waals surface area (Å²) in [6, 6.07) is 13.5. The van der Waals surface area contributed by atoms with Gasteiger partial charge in [-0.3, -0.25) is 9.59 Å². The molecule has 126 valence electrons. The van der Waals surface area contributed by atoms with Gasteiger partial charge in [0, 0.05) is 42.2 Å². The second-order valence-electron chi connectivity index (χ2n) is 5.34. The van der Waals surface area contributed by atoms with Crippen molar-refractivity contribution in [2.75, 3.05) is 11.9 Å². The molecule has 6 heteroatoms. The van der Waals surface area contributed by atoms with E-state index in [1.165, 1.54) is 17.9 Å². The van der Waals surface area contributed by atoms with Gasteiger partial charge >= 0.3 is 0 Å². The highest BCUT2D eigenvalue weighted by atomic mass is 79.9. The summed E-state index contributed by atoms with van der Waals surface area (Å²) < 4.78 is 14.6. The maximum atomic E-state index is 13.7. The summed E-state index contributed by atoms with van der Waals surface area (Å²) in [4.78, 5) is 25.2. The summed E-state index contributed by atoms with van der Waals surface area (Å²) >= 11 is 3.33. The summed E-state index contributed by atoms with van der Waals surface area (Å²) in [5, 5.41) is 2.77. The number of carbonyl (C=O) groups excluding carboxylic acids is 2. The lowest BCUT2D eigenvalue weighted by Gasteiger charge is -2.21. The Balaban J connectivity index is 1.91. The molecule has 4 nitrogen and oxygen atoms in total. The van der Waals surface area contributed by atoms with E-state index in [4.69, 9.17) is 0 Å². The van der Waals surface area contributed by atoms with E-state index < -0.39 is 0 Å². The zero-order valence-electron chi connectivity index (χ0n) is 13.3. The minimum Gasteiger partial charge on any atom is -0.338 e. The fraction of sp³-hybridized carbons (Fsp3) is 0.222. The molecule has 2 aromatic rings. The van der Waals surface area contributed by atoms with Crippen LogP contribution < -0.4 is 5.32 Å². The molecule has 2 amide bonds. The number of carbonyl (C=O) groups is 2.